The third kappa shape index (κ3) is 2.31. The predicted molar refractivity (Wildman–Crippen MR) is 63.5 cm³/mol. The molecule has 0 aliphatic heterocycles. The first kappa shape index (κ1) is 10.9. The fourth-order valence-electron chi connectivity index (χ4n) is 1.55. The number of nitrogens with zero attached hydrogens (tertiary/aromatic N) is 1. The van der Waals surface area contributed by atoms with Gasteiger partial charge >= 0.3 is 0 Å². The first-order chi connectivity index (χ1) is 7.83. The van der Waals surface area contributed by atoms with Gasteiger partial charge in [0.1, 0.15) is 5.75 Å². The van der Waals surface area contributed by atoms with Gasteiger partial charge in [-0.2, -0.15) is 0 Å². The molecular weight excluding hydrogens is 202 g/mol. The van der Waals surface area contributed by atoms with Crippen molar-refractivity contribution >= 4 is 10.9 Å². The molecule has 3 nitrogen and oxygen atoms in total. The highest BCUT2D eigenvalue weighted by Gasteiger charge is 1.99. The lowest BCUT2D eigenvalue weighted by atomic mass is 10.1. The molecule has 3 heteroatoms. The summed E-state index contributed by atoms with van der Waals surface area (Å²) in [6, 6.07) is 7.74. The Balaban J connectivity index is 2.35. The Morgan fingerprint density at radius 2 is 2.19 bits per heavy atom. The van der Waals surface area contributed by atoms with Crippen LogP contribution in [0.15, 0.2) is 30.5 Å². The second-order valence-electron chi connectivity index (χ2n) is 3.70. The molecule has 0 aliphatic rings. The summed E-state index contributed by atoms with van der Waals surface area (Å²) >= 11 is 0. The minimum Gasteiger partial charge on any atom is -0.494 e. The molecule has 1 aromatic carbocycles. The summed E-state index contributed by atoms with van der Waals surface area (Å²) in [7, 11) is 0. The van der Waals surface area contributed by atoms with Crippen LogP contribution in [0.25, 0.3) is 10.9 Å². The van der Waals surface area contributed by atoms with Crippen LogP contribution in [0.5, 0.6) is 5.75 Å². The summed E-state index contributed by atoms with van der Waals surface area (Å²) < 4.78 is 5.55. The zero-order chi connectivity index (χ0) is 11.4. The van der Waals surface area contributed by atoms with Gasteiger partial charge in [-0.1, -0.05) is 6.92 Å². The van der Waals surface area contributed by atoms with Gasteiger partial charge < -0.3 is 9.84 Å². The van der Waals surface area contributed by atoms with Crippen LogP contribution in [-0.2, 0) is 6.61 Å². The average Bonchev–Trinajstić information content (AvgIpc) is 2.35. The SMILES string of the molecule is CCCOc1ccc2ncc(CO)cc2c1. The summed E-state index contributed by atoms with van der Waals surface area (Å²) in [4.78, 5) is 4.26. The van der Waals surface area contributed by atoms with E-state index in [1.54, 1.807) is 6.20 Å². The van der Waals surface area contributed by atoms with Gasteiger partial charge in [-0.15, -0.1) is 0 Å². The van der Waals surface area contributed by atoms with Crippen LogP contribution in [0, 0.1) is 0 Å². The average molecular weight is 217 g/mol. The number of benzene rings is 1. The van der Waals surface area contributed by atoms with Crippen molar-refractivity contribution in [1.82, 2.24) is 4.98 Å². The van der Waals surface area contributed by atoms with E-state index >= 15 is 0 Å². The highest BCUT2D eigenvalue weighted by Crippen LogP contribution is 2.20. The Labute approximate surface area is 94.7 Å². The Morgan fingerprint density at radius 3 is 2.94 bits per heavy atom. The first-order valence-electron chi connectivity index (χ1n) is 5.46. The lowest BCUT2D eigenvalue weighted by molar-refractivity contribution is 0.281. The van der Waals surface area contributed by atoms with Crippen molar-refractivity contribution in [2.24, 2.45) is 0 Å². The molecule has 2 aromatic rings. The highest BCUT2D eigenvalue weighted by molar-refractivity contribution is 5.80. The fourth-order valence-corrected chi connectivity index (χ4v) is 1.55. The smallest absolute Gasteiger partial charge is 0.120 e. The van der Waals surface area contributed by atoms with Crippen LogP contribution in [0.4, 0.5) is 0 Å². The maximum absolute atomic E-state index is 9.04. The molecule has 0 unspecified atom stereocenters. The Kier molecular flexibility index (Phi) is 3.37. The van der Waals surface area contributed by atoms with Crippen molar-refractivity contribution < 1.29 is 9.84 Å². The van der Waals surface area contributed by atoms with E-state index < -0.39 is 0 Å². The molecular formula is C13H15NO2. The Morgan fingerprint density at radius 1 is 1.31 bits per heavy atom. The summed E-state index contributed by atoms with van der Waals surface area (Å²) in [5, 5.41) is 10.0. The van der Waals surface area contributed by atoms with Crippen molar-refractivity contribution in [1.29, 1.82) is 0 Å². The molecule has 0 aliphatic carbocycles. The molecule has 0 radical (unpaired) electrons. The Bertz CT molecular complexity index is 482. The van der Waals surface area contributed by atoms with Crippen LogP contribution >= 0.6 is 0 Å². The largest absolute Gasteiger partial charge is 0.494 e. The minimum atomic E-state index is 0.0168. The van der Waals surface area contributed by atoms with Crippen LogP contribution < -0.4 is 4.74 Å². The van der Waals surface area contributed by atoms with E-state index in [1.807, 2.05) is 24.3 Å². The molecule has 0 amide bonds. The van der Waals surface area contributed by atoms with Crippen LogP contribution in [0.1, 0.15) is 18.9 Å². The number of hydrogen-bond acceptors (Lipinski definition) is 3. The van der Waals surface area contributed by atoms with Gasteiger partial charge in [0, 0.05) is 11.6 Å². The monoisotopic (exact) mass is 217 g/mol. The van der Waals surface area contributed by atoms with Crippen molar-refractivity contribution in [3.8, 4) is 5.75 Å². The quantitative estimate of drug-likeness (QED) is 0.855. The van der Waals surface area contributed by atoms with Crippen molar-refractivity contribution in [2.75, 3.05) is 6.61 Å². The third-order valence-electron chi connectivity index (χ3n) is 2.36. The van der Waals surface area contributed by atoms with E-state index in [2.05, 4.69) is 11.9 Å². The topological polar surface area (TPSA) is 42.4 Å². The van der Waals surface area contributed by atoms with Gasteiger partial charge in [-0.05, 0) is 36.2 Å². The van der Waals surface area contributed by atoms with E-state index in [-0.39, 0.29) is 6.61 Å². The van der Waals surface area contributed by atoms with Crippen molar-refractivity contribution in [2.45, 2.75) is 20.0 Å². The number of rotatable bonds is 4. The van der Waals surface area contributed by atoms with Gasteiger partial charge in [-0.25, -0.2) is 0 Å². The zero-order valence-electron chi connectivity index (χ0n) is 9.31. The third-order valence-corrected chi connectivity index (χ3v) is 2.36. The zero-order valence-corrected chi connectivity index (χ0v) is 9.31. The summed E-state index contributed by atoms with van der Waals surface area (Å²) in [5.74, 6) is 0.853. The van der Waals surface area contributed by atoms with E-state index in [4.69, 9.17) is 9.84 Å². The molecule has 0 fully saturated rings. The molecule has 0 saturated carbocycles. The normalized spacial score (nSPS) is 10.6. The molecule has 0 atom stereocenters. The van der Waals surface area contributed by atoms with Crippen molar-refractivity contribution in [3.63, 3.8) is 0 Å². The van der Waals surface area contributed by atoms with Gasteiger partial charge in [-0.3, -0.25) is 4.98 Å². The number of fused-ring (bicyclic) bond motifs is 1. The summed E-state index contributed by atoms with van der Waals surface area (Å²) in [5.41, 5.74) is 1.74. The van der Waals surface area contributed by atoms with Gasteiger partial charge in [0.2, 0.25) is 0 Å². The van der Waals surface area contributed by atoms with Gasteiger partial charge in [0.15, 0.2) is 0 Å². The summed E-state index contributed by atoms with van der Waals surface area (Å²) in [6.45, 7) is 2.81. The Hall–Kier alpha value is -1.61. The van der Waals surface area contributed by atoms with Crippen LogP contribution in [0.3, 0.4) is 0 Å². The molecule has 0 bridgehead atoms. The van der Waals surface area contributed by atoms with Gasteiger partial charge in [0.05, 0.1) is 18.7 Å². The van der Waals surface area contributed by atoms with E-state index in [0.29, 0.717) is 0 Å². The molecule has 1 heterocycles. The molecule has 1 aromatic heterocycles. The standard InChI is InChI=1S/C13H15NO2/c1-2-5-16-12-3-4-13-11(7-12)6-10(9-15)8-14-13/h3-4,6-8,15H,2,5,9H2,1H3. The number of aliphatic hydroxyl groups is 1. The lowest BCUT2D eigenvalue weighted by Gasteiger charge is -2.06. The summed E-state index contributed by atoms with van der Waals surface area (Å²) in [6.07, 6.45) is 2.68. The minimum absolute atomic E-state index is 0.0168. The molecule has 84 valence electrons. The predicted octanol–water partition coefficient (Wildman–Crippen LogP) is 2.52. The van der Waals surface area contributed by atoms with Crippen LogP contribution in [-0.4, -0.2) is 16.7 Å². The molecule has 16 heavy (non-hydrogen) atoms. The number of pyridine rings is 1. The number of aromatic nitrogens is 1. The van der Waals surface area contributed by atoms with E-state index in [1.165, 1.54) is 0 Å². The van der Waals surface area contributed by atoms with E-state index in [9.17, 15) is 0 Å². The van der Waals surface area contributed by atoms with Gasteiger partial charge in [0.25, 0.3) is 0 Å². The number of aliphatic hydroxyl groups excluding tert-OH is 1. The second-order valence-corrected chi connectivity index (χ2v) is 3.70. The fraction of sp³-hybridized carbons (Fsp3) is 0.308. The maximum Gasteiger partial charge on any atom is 0.120 e. The molecule has 0 spiro atoms. The number of hydrogen-bond donors (Lipinski definition) is 1. The first-order valence-corrected chi connectivity index (χ1v) is 5.46. The molecule has 2 rings (SSSR count). The highest BCUT2D eigenvalue weighted by atomic mass is 16.5. The maximum atomic E-state index is 9.04. The van der Waals surface area contributed by atoms with Crippen molar-refractivity contribution in [3.05, 3.63) is 36.0 Å². The second kappa shape index (κ2) is 4.94. The van der Waals surface area contributed by atoms with E-state index in [0.717, 1.165) is 35.2 Å². The lowest BCUT2D eigenvalue weighted by Crippen LogP contribution is -1.95. The van der Waals surface area contributed by atoms with Crippen LogP contribution in [0.2, 0.25) is 0 Å². The molecule has 1 N–H and O–H groups in total. The molecule has 0 saturated heterocycles. The number of ether oxygens (including phenoxy) is 1.